The number of quaternary nitrogens is 1. The summed E-state index contributed by atoms with van der Waals surface area (Å²) in [5.74, 6) is 0.694. The number of hydrogen-bond donors (Lipinski definition) is 1. The maximum absolute atomic E-state index is 6.42. The van der Waals surface area contributed by atoms with Gasteiger partial charge in [0.15, 0.2) is 18.7 Å². The van der Waals surface area contributed by atoms with Crippen LogP contribution in [0.1, 0.15) is 12.8 Å². The third-order valence-electron chi connectivity index (χ3n) is 5.12. The highest BCUT2D eigenvalue weighted by Crippen LogP contribution is 2.43. The molecule has 1 atom stereocenters. The van der Waals surface area contributed by atoms with Crippen LogP contribution in [-0.2, 0) is 4.74 Å². The van der Waals surface area contributed by atoms with Crippen LogP contribution in [-0.4, -0.2) is 55.2 Å². The van der Waals surface area contributed by atoms with Gasteiger partial charge >= 0.3 is 0 Å². The molecule has 0 amide bonds. The van der Waals surface area contributed by atoms with Crippen molar-refractivity contribution in [1.82, 2.24) is 4.98 Å². The maximum atomic E-state index is 6.42. The van der Waals surface area contributed by atoms with Crippen LogP contribution in [0.15, 0.2) is 29.3 Å². The highest BCUT2D eigenvalue weighted by atomic mass is 32.1. The number of amidine groups is 1. The van der Waals surface area contributed by atoms with Crippen LogP contribution in [0.4, 0.5) is 5.13 Å². The van der Waals surface area contributed by atoms with E-state index in [1.807, 2.05) is 18.2 Å². The van der Waals surface area contributed by atoms with Crippen LogP contribution in [0.3, 0.4) is 0 Å². The first-order valence-corrected chi connectivity index (χ1v) is 8.71. The normalized spacial score (nSPS) is 35.5. The highest BCUT2D eigenvalue weighted by molar-refractivity contribution is 7.22. The number of ether oxygens (including phenoxy) is 1. The van der Waals surface area contributed by atoms with E-state index in [1.165, 1.54) is 41.6 Å². The van der Waals surface area contributed by atoms with Gasteiger partial charge in [0, 0.05) is 19.0 Å². The predicted molar refractivity (Wildman–Crippen MR) is 96.9 cm³/mol. The Morgan fingerprint density at radius 3 is 2.91 bits per heavy atom. The molecule has 2 bridgehead atoms. The Kier molecular flexibility index (Phi) is 2.83. The Balaban J connectivity index is 1.36. The van der Waals surface area contributed by atoms with E-state index in [1.54, 1.807) is 11.3 Å². The predicted octanol–water partition coefficient (Wildman–Crippen LogP) is 1.35. The largest absolute Gasteiger partial charge is 0.519 e. The number of thiazole rings is 1. The lowest BCUT2D eigenvalue weighted by Crippen LogP contribution is -2.69. The van der Waals surface area contributed by atoms with Gasteiger partial charge in [-0.05, 0) is 25.0 Å². The Hall–Kier alpha value is -1.60. The summed E-state index contributed by atoms with van der Waals surface area (Å²) >= 11 is 1.66. The van der Waals surface area contributed by atoms with Crippen molar-refractivity contribution in [1.29, 1.82) is 0 Å². The summed E-state index contributed by atoms with van der Waals surface area (Å²) < 4.78 is 9.00. The van der Waals surface area contributed by atoms with Crippen LogP contribution in [0.25, 0.3) is 10.2 Å². The van der Waals surface area contributed by atoms with Crippen molar-refractivity contribution >= 4 is 40.7 Å². The molecule has 7 heteroatoms. The summed E-state index contributed by atoms with van der Waals surface area (Å²) in [5.41, 5.74) is 1.02. The SMILES string of the molecule is [BH3-][N+]12CCC(CC1)C1(CN=C(Nc3nc4ccccc4s3)O1)C2. The minimum atomic E-state index is -0.0166. The summed E-state index contributed by atoms with van der Waals surface area (Å²) in [6.07, 6.45) is 2.65. The van der Waals surface area contributed by atoms with Gasteiger partial charge in [0.25, 0.3) is 6.02 Å². The van der Waals surface area contributed by atoms with Gasteiger partial charge < -0.3 is 9.13 Å². The van der Waals surface area contributed by atoms with Gasteiger partial charge in [-0.3, -0.25) is 5.32 Å². The first kappa shape index (κ1) is 13.8. The fourth-order valence-corrected chi connectivity index (χ4v) is 4.82. The molecule has 1 unspecified atom stereocenters. The molecule has 4 aliphatic rings. The standard InChI is InChI=1S/C16H21BN4OS/c17-21-7-5-11(6-8-21)16(10-21)9-18-14(22-16)20-15-19-12-3-1-2-4-13(12)23-15/h1-4,11H,5-10H2,17H3,(H,18,19,20). The van der Waals surface area contributed by atoms with Gasteiger partial charge in [-0.15, -0.1) is 0 Å². The third-order valence-corrected chi connectivity index (χ3v) is 6.07. The second-order valence-electron chi connectivity index (χ2n) is 6.45. The zero-order valence-corrected chi connectivity index (χ0v) is 13.1. The van der Waals surface area contributed by atoms with Gasteiger partial charge in [-0.2, -0.15) is 0 Å². The third kappa shape index (κ3) is 2.17. The van der Waals surface area contributed by atoms with Crippen LogP contribution in [0.5, 0.6) is 0 Å². The van der Waals surface area contributed by atoms with Crippen molar-refractivity contribution in [3.05, 3.63) is 24.3 Å². The molecule has 5 nitrogen and oxygen atoms in total. The van der Waals surface area contributed by atoms with E-state index in [2.05, 4.69) is 16.4 Å². The van der Waals surface area contributed by atoms with Crippen LogP contribution < -0.4 is 5.32 Å². The van der Waals surface area contributed by atoms with Crippen molar-refractivity contribution in [2.75, 3.05) is 31.5 Å². The second kappa shape index (κ2) is 4.71. The minimum Gasteiger partial charge on any atom is -0.519 e. The van der Waals surface area contributed by atoms with Crippen LogP contribution in [0.2, 0.25) is 0 Å². The molecule has 23 heavy (non-hydrogen) atoms. The zero-order chi connectivity index (χ0) is 15.5. The number of fused-ring (bicyclic) bond motifs is 3. The van der Waals surface area contributed by atoms with Gasteiger partial charge in [-0.25, -0.2) is 9.98 Å². The first-order chi connectivity index (χ1) is 11.1. The van der Waals surface area contributed by atoms with Gasteiger partial charge in [0.1, 0.15) is 0 Å². The molecule has 0 aliphatic carbocycles. The minimum absolute atomic E-state index is 0.0166. The lowest BCUT2D eigenvalue weighted by atomic mass is 9.72. The molecule has 1 aromatic carbocycles. The van der Waals surface area contributed by atoms with E-state index in [0.29, 0.717) is 19.9 Å². The smallest absolute Gasteiger partial charge is 0.292 e. The molecule has 5 heterocycles. The van der Waals surface area contributed by atoms with Crippen LogP contribution >= 0.6 is 11.3 Å². The van der Waals surface area contributed by atoms with E-state index in [4.69, 9.17) is 9.73 Å². The maximum Gasteiger partial charge on any atom is 0.292 e. The molecule has 120 valence electrons. The number of para-hydroxylation sites is 1. The van der Waals surface area contributed by atoms with Crippen molar-refractivity contribution in [3.8, 4) is 0 Å². The Labute approximate surface area is 140 Å². The molecule has 0 saturated carbocycles. The van der Waals surface area contributed by atoms with Gasteiger partial charge in [0.2, 0.25) is 0 Å². The van der Waals surface area contributed by atoms with E-state index in [9.17, 15) is 0 Å². The van der Waals surface area contributed by atoms with Crippen molar-refractivity contribution < 1.29 is 9.13 Å². The van der Waals surface area contributed by atoms with Crippen molar-refractivity contribution in [3.63, 3.8) is 0 Å². The topological polar surface area (TPSA) is 46.5 Å². The monoisotopic (exact) mass is 328 g/mol. The summed E-state index contributed by atoms with van der Waals surface area (Å²) in [5, 5.41) is 4.20. The quantitative estimate of drug-likeness (QED) is 0.804. The number of aliphatic imine (C=N–C) groups is 1. The number of nitrogens with zero attached hydrogens (tertiary/aromatic N) is 3. The van der Waals surface area contributed by atoms with Crippen molar-refractivity contribution in [2.24, 2.45) is 10.9 Å². The number of anilines is 1. The molecule has 2 aromatic rings. The summed E-state index contributed by atoms with van der Waals surface area (Å²) in [6.45, 7) is 4.83. The highest BCUT2D eigenvalue weighted by Gasteiger charge is 2.55. The first-order valence-electron chi connectivity index (χ1n) is 7.89. The van der Waals surface area contributed by atoms with Gasteiger partial charge in [0.05, 0.1) is 23.3 Å². The summed E-state index contributed by atoms with van der Waals surface area (Å²) in [7, 11) is 0.303. The number of aromatic nitrogens is 1. The number of hydrogen-bond acceptors (Lipinski definition) is 5. The lowest BCUT2D eigenvalue weighted by Gasteiger charge is -2.60. The Morgan fingerprint density at radius 1 is 1.30 bits per heavy atom. The molecule has 4 aliphatic heterocycles. The molecular formula is C16H21BN4OS. The second-order valence-corrected chi connectivity index (χ2v) is 7.48. The number of benzene rings is 1. The molecule has 3 saturated heterocycles. The number of piperidine rings is 3. The molecule has 1 spiro atoms. The fraction of sp³-hybridized carbons (Fsp3) is 0.500. The van der Waals surface area contributed by atoms with E-state index >= 15 is 0 Å². The molecule has 1 N–H and O–H groups in total. The van der Waals surface area contributed by atoms with Crippen molar-refractivity contribution in [2.45, 2.75) is 18.4 Å². The zero-order valence-electron chi connectivity index (χ0n) is 12.3. The molecule has 0 radical (unpaired) electrons. The molecule has 1 aromatic heterocycles. The van der Waals surface area contributed by atoms with E-state index in [-0.39, 0.29) is 5.60 Å². The van der Waals surface area contributed by atoms with E-state index < -0.39 is 0 Å². The lowest BCUT2D eigenvalue weighted by molar-refractivity contribution is -0.845. The van der Waals surface area contributed by atoms with Gasteiger partial charge in [-0.1, -0.05) is 23.5 Å². The van der Waals surface area contributed by atoms with Crippen LogP contribution in [0, 0.1) is 5.92 Å². The number of nitrogens with one attached hydrogen (secondary N) is 1. The Morgan fingerprint density at radius 2 is 2.13 bits per heavy atom. The summed E-state index contributed by atoms with van der Waals surface area (Å²) in [4.78, 5) is 9.32. The number of rotatable bonds is 1. The Bertz CT molecular complexity index is 765. The average Bonchev–Trinajstić information content (AvgIpc) is 3.11. The molecular weight excluding hydrogens is 307 g/mol. The average molecular weight is 328 g/mol. The molecule has 3 fully saturated rings. The molecule has 6 rings (SSSR count). The summed E-state index contributed by atoms with van der Waals surface area (Å²) in [6, 6.07) is 8.90. The fourth-order valence-electron chi connectivity index (χ4n) is 3.96. The van der Waals surface area contributed by atoms with E-state index in [0.717, 1.165) is 17.2 Å².